The van der Waals surface area contributed by atoms with E-state index < -0.39 is 5.97 Å². The minimum Gasteiger partial charge on any atom is -0.481 e. The van der Waals surface area contributed by atoms with Crippen LogP contribution in [0, 0.1) is 16.7 Å². The first-order valence-corrected chi connectivity index (χ1v) is 7.76. The topological polar surface area (TPSA) is 37.3 Å². The van der Waals surface area contributed by atoms with Crippen molar-refractivity contribution in [3.63, 3.8) is 0 Å². The summed E-state index contributed by atoms with van der Waals surface area (Å²) in [7, 11) is 0. The molecule has 104 valence electrons. The van der Waals surface area contributed by atoms with E-state index in [0.717, 1.165) is 38.5 Å². The lowest BCUT2D eigenvalue weighted by atomic mass is 9.58. The average molecular weight is 252 g/mol. The highest BCUT2D eigenvalue weighted by molar-refractivity contribution is 5.75. The van der Waals surface area contributed by atoms with Crippen molar-refractivity contribution >= 4 is 5.97 Å². The molecule has 2 aliphatic carbocycles. The Hall–Kier alpha value is -0.530. The second kappa shape index (κ2) is 5.22. The Labute approximate surface area is 111 Å². The molecule has 0 heterocycles. The van der Waals surface area contributed by atoms with Crippen molar-refractivity contribution in [1.82, 2.24) is 0 Å². The summed E-state index contributed by atoms with van der Waals surface area (Å²) in [5.74, 6) is -0.0674. The minimum atomic E-state index is -0.507. The van der Waals surface area contributed by atoms with Crippen LogP contribution in [0.15, 0.2) is 0 Å². The molecule has 0 amide bonds. The predicted octanol–water partition coefficient (Wildman–Crippen LogP) is 4.63. The number of aliphatic carboxylic acids is 1. The van der Waals surface area contributed by atoms with Gasteiger partial charge in [0, 0.05) is 0 Å². The van der Waals surface area contributed by atoms with Crippen LogP contribution in [0.25, 0.3) is 0 Å². The fourth-order valence-corrected chi connectivity index (χ4v) is 4.20. The van der Waals surface area contributed by atoms with Crippen molar-refractivity contribution in [3.8, 4) is 0 Å². The number of hydrogen-bond acceptors (Lipinski definition) is 1. The normalized spacial score (nSPS) is 36.2. The summed E-state index contributed by atoms with van der Waals surface area (Å²) < 4.78 is 0. The highest BCUT2D eigenvalue weighted by atomic mass is 16.4. The number of rotatable bonds is 3. The highest BCUT2D eigenvalue weighted by Gasteiger charge is 2.48. The van der Waals surface area contributed by atoms with E-state index in [9.17, 15) is 9.90 Å². The van der Waals surface area contributed by atoms with Gasteiger partial charge in [-0.15, -0.1) is 0 Å². The SMILES string of the molecule is CCC1(C)CCC(C2(C(=O)O)CCCCC2)CC1. The van der Waals surface area contributed by atoms with Gasteiger partial charge in [-0.2, -0.15) is 0 Å². The molecule has 2 aliphatic rings. The smallest absolute Gasteiger partial charge is 0.309 e. The maximum Gasteiger partial charge on any atom is 0.309 e. The van der Waals surface area contributed by atoms with E-state index in [1.54, 1.807) is 0 Å². The molecule has 0 bridgehead atoms. The lowest BCUT2D eigenvalue weighted by Gasteiger charge is -2.46. The zero-order valence-electron chi connectivity index (χ0n) is 12.0. The van der Waals surface area contributed by atoms with Gasteiger partial charge in [-0.1, -0.05) is 39.5 Å². The molecular formula is C16H28O2. The van der Waals surface area contributed by atoms with Gasteiger partial charge in [0.25, 0.3) is 0 Å². The summed E-state index contributed by atoms with van der Waals surface area (Å²) in [6.07, 6.45) is 11.3. The summed E-state index contributed by atoms with van der Waals surface area (Å²) in [6.45, 7) is 4.64. The van der Waals surface area contributed by atoms with Crippen molar-refractivity contribution in [3.05, 3.63) is 0 Å². The number of carbonyl (C=O) groups is 1. The standard InChI is InChI=1S/C16H28O2/c1-3-15(2)11-7-13(8-12-15)16(14(17)18)9-5-4-6-10-16/h13H,3-12H2,1-2H3,(H,17,18). The summed E-state index contributed by atoms with van der Waals surface area (Å²) in [4.78, 5) is 11.8. The van der Waals surface area contributed by atoms with Crippen molar-refractivity contribution < 1.29 is 9.90 Å². The lowest BCUT2D eigenvalue weighted by Crippen LogP contribution is -2.43. The van der Waals surface area contributed by atoms with Gasteiger partial charge in [-0.3, -0.25) is 4.79 Å². The predicted molar refractivity (Wildman–Crippen MR) is 73.5 cm³/mol. The van der Waals surface area contributed by atoms with Crippen molar-refractivity contribution in [2.45, 2.75) is 78.1 Å². The van der Waals surface area contributed by atoms with E-state index in [-0.39, 0.29) is 5.41 Å². The van der Waals surface area contributed by atoms with Gasteiger partial charge < -0.3 is 5.11 Å². The Morgan fingerprint density at radius 1 is 1.11 bits per heavy atom. The molecule has 2 nitrogen and oxygen atoms in total. The Morgan fingerprint density at radius 2 is 1.67 bits per heavy atom. The van der Waals surface area contributed by atoms with Crippen LogP contribution in [0.1, 0.15) is 78.1 Å². The lowest BCUT2D eigenvalue weighted by molar-refractivity contribution is -0.157. The first-order chi connectivity index (χ1) is 8.52. The molecule has 2 heteroatoms. The molecule has 0 saturated heterocycles. The maximum atomic E-state index is 11.8. The van der Waals surface area contributed by atoms with E-state index in [1.165, 1.54) is 25.7 Å². The third-order valence-electron chi connectivity index (χ3n) is 6.00. The molecule has 0 atom stereocenters. The minimum absolute atomic E-state index is 0.368. The number of carboxylic acid groups (broad SMARTS) is 1. The molecule has 0 aromatic carbocycles. The third kappa shape index (κ3) is 2.44. The number of carboxylic acids is 1. The first-order valence-electron chi connectivity index (χ1n) is 7.76. The molecule has 0 unspecified atom stereocenters. The molecule has 2 rings (SSSR count). The van der Waals surface area contributed by atoms with Gasteiger partial charge >= 0.3 is 5.97 Å². The molecule has 0 aromatic heterocycles. The van der Waals surface area contributed by atoms with E-state index in [2.05, 4.69) is 13.8 Å². The molecule has 0 aliphatic heterocycles. The first kappa shape index (κ1) is 13.9. The van der Waals surface area contributed by atoms with Crippen LogP contribution in [-0.4, -0.2) is 11.1 Å². The Kier molecular flexibility index (Phi) is 4.03. The van der Waals surface area contributed by atoms with Gasteiger partial charge in [0.15, 0.2) is 0 Å². The van der Waals surface area contributed by atoms with Gasteiger partial charge in [0.2, 0.25) is 0 Å². The maximum absolute atomic E-state index is 11.8. The molecule has 2 fully saturated rings. The monoisotopic (exact) mass is 252 g/mol. The van der Waals surface area contributed by atoms with Crippen LogP contribution in [0.3, 0.4) is 0 Å². The largest absolute Gasteiger partial charge is 0.481 e. The second-order valence-corrected chi connectivity index (χ2v) is 6.96. The molecule has 0 aromatic rings. The molecule has 2 saturated carbocycles. The average Bonchev–Trinajstić information content (AvgIpc) is 2.40. The highest BCUT2D eigenvalue weighted by Crippen LogP contribution is 2.52. The summed E-state index contributed by atoms with van der Waals surface area (Å²) in [5, 5.41) is 9.73. The van der Waals surface area contributed by atoms with Crippen molar-refractivity contribution in [2.24, 2.45) is 16.7 Å². The third-order valence-corrected chi connectivity index (χ3v) is 6.00. The van der Waals surface area contributed by atoms with Crippen LogP contribution < -0.4 is 0 Å². The Morgan fingerprint density at radius 3 is 2.11 bits per heavy atom. The molecular weight excluding hydrogens is 224 g/mol. The Bertz CT molecular complexity index is 294. The van der Waals surface area contributed by atoms with E-state index in [0.29, 0.717) is 11.3 Å². The molecule has 1 N–H and O–H groups in total. The van der Waals surface area contributed by atoms with E-state index >= 15 is 0 Å². The van der Waals surface area contributed by atoms with Gasteiger partial charge in [0.1, 0.15) is 0 Å². The fraction of sp³-hybridized carbons (Fsp3) is 0.938. The van der Waals surface area contributed by atoms with Gasteiger partial charge in [-0.25, -0.2) is 0 Å². The summed E-state index contributed by atoms with van der Waals surface area (Å²) >= 11 is 0. The van der Waals surface area contributed by atoms with E-state index in [4.69, 9.17) is 0 Å². The summed E-state index contributed by atoms with van der Waals surface area (Å²) in [6, 6.07) is 0. The van der Waals surface area contributed by atoms with Gasteiger partial charge in [-0.05, 0) is 49.9 Å². The van der Waals surface area contributed by atoms with Crippen molar-refractivity contribution in [1.29, 1.82) is 0 Å². The molecule has 0 radical (unpaired) electrons. The van der Waals surface area contributed by atoms with Crippen LogP contribution in [-0.2, 0) is 4.79 Å². The molecule has 18 heavy (non-hydrogen) atoms. The summed E-state index contributed by atoms with van der Waals surface area (Å²) in [5.41, 5.74) is 0.109. The van der Waals surface area contributed by atoms with Crippen LogP contribution in [0.5, 0.6) is 0 Å². The van der Waals surface area contributed by atoms with Crippen LogP contribution >= 0.6 is 0 Å². The second-order valence-electron chi connectivity index (χ2n) is 6.96. The zero-order valence-corrected chi connectivity index (χ0v) is 12.0. The Balaban J connectivity index is 2.07. The zero-order chi connectivity index (χ0) is 13.2. The molecule has 0 spiro atoms. The van der Waals surface area contributed by atoms with Gasteiger partial charge in [0.05, 0.1) is 5.41 Å². The fourth-order valence-electron chi connectivity index (χ4n) is 4.20. The van der Waals surface area contributed by atoms with Crippen LogP contribution in [0.4, 0.5) is 0 Å². The van der Waals surface area contributed by atoms with Crippen molar-refractivity contribution in [2.75, 3.05) is 0 Å². The van der Waals surface area contributed by atoms with Crippen LogP contribution in [0.2, 0.25) is 0 Å². The number of hydrogen-bond donors (Lipinski definition) is 1. The van der Waals surface area contributed by atoms with E-state index in [1.807, 2.05) is 0 Å². The quantitative estimate of drug-likeness (QED) is 0.795.